The minimum atomic E-state index is -0.375. The van der Waals surface area contributed by atoms with Gasteiger partial charge in [-0.25, -0.2) is 4.98 Å². The van der Waals surface area contributed by atoms with Gasteiger partial charge in [0.05, 0.1) is 6.20 Å². The maximum atomic E-state index is 12.9. The smallest absolute Gasteiger partial charge is 0.314 e. The molecule has 0 spiro atoms. The molecule has 0 bridgehead atoms. The quantitative estimate of drug-likeness (QED) is 0.341. The Hall–Kier alpha value is -3.48. The minimum Gasteiger partial charge on any atom is -0.381 e. The van der Waals surface area contributed by atoms with Crippen molar-refractivity contribution in [3.8, 4) is 0 Å². The van der Waals surface area contributed by atoms with E-state index in [-0.39, 0.29) is 29.0 Å². The van der Waals surface area contributed by atoms with E-state index in [1.54, 1.807) is 0 Å². The molecule has 2 amide bonds. The first-order chi connectivity index (χ1) is 17.0. The third-order valence-corrected chi connectivity index (χ3v) is 6.66. The molecule has 4 N–H and O–H groups in total. The summed E-state index contributed by atoms with van der Waals surface area (Å²) < 4.78 is 5.66. The van der Waals surface area contributed by atoms with Gasteiger partial charge in [0.1, 0.15) is 0 Å². The highest BCUT2D eigenvalue weighted by atomic mass is 16.5. The van der Waals surface area contributed by atoms with Gasteiger partial charge < -0.3 is 25.5 Å². The van der Waals surface area contributed by atoms with Crippen LogP contribution >= 0.6 is 0 Å². The van der Waals surface area contributed by atoms with Crippen molar-refractivity contribution in [2.24, 2.45) is 0 Å². The zero-order valence-corrected chi connectivity index (χ0v) is 20.1. The average Bonchev–Trinajstić information content (AvgIpc) is 3.38. The fourth-order valence-electron chi connectivity index (χ4n) is 4.79. The summed E-state index contributed by atoms with van der Waals surface area (Å²) in [7, 11) is 0. The van der Waals surface area contributed by atoms with E-state index in [1.807, 2.05) is 6.07 Å². The molecule has 1 saturated heterocycles. The number of benzene rings is 1. The molecule has 2 aromatic rings. The second kappa shape index (κ2) is 11.3. The zero-order chi connectivity index (χ0) is 24.7. The van der Waals surface area contributed by atoms with Crippen molar-refractivity contribution in [1.82, 2.24) is 20.6 Å². The predicted octanol–water partition coefficient (Wildman–Crippen LogP) is 3.90. The number of allylic oxidation sites excluding steroid dienone is 2. The number of aromatic amines is 1. The number of rotatable bonds is 8. The molecule has 4 rings (SSSR count). The molecule has 1 aliphatic carbocycles. The van der Waals surface area contributed by atoms with Gasteiger partial charge in [-0.05, 0) is 61.8 Å². The van der Waals surface area contributed by atoms with Crippen molar-refractivity contribution in [2.75, 3.05) is 31.6 Å². The first kappa shape index (κ1) is 24.6. The molecule has 0 atom stereocenters. The van der Waals surface area contributed by atoms with Crippen molar-refractivity contribution in [1.29, 1.82) is 0 Å². The molecule has 9 heteroatoms. The number of carbonyl (C=O) groups is 2. The number of hydrogen-bond acceptors (Lipinski definition) is 5. The number of H-pyrrole nitrogens is 1. The van der Waals surface area contributed by atoms with Crippen molar-refractivity contribution in [3.05, 3.63) is 58.8 Å². The van der Waals surface area contributed by atoms with E-state index >= 15 is 0 Å². The lowest BCUT2D eigenvalue weighted by molar-refractivity contribution is -0.118. The molecule has 0 radical (unpaired) electrons. The number of hydrogen-bond donors (Lipinski definition) is 4. The second-order valence-electron chi connectivity index (χ2n) is 9.02. The zero-order valence-electron chi connectivity index (χ0n) is 20.1. The molecule has 1 aliphatic heterocycles. The Morgan fingerprint density at radius 3 is 2.74 bits per heavy atom. The van der Waals surface area contributed by atoms with Gasteiger partial charge in [-0.2, -0.15) is 0 Å². The summed E-state index contributed by atoms with van der Waals surface area (Å²) in [6.45, 7) is 11.1. The van der Waals surface area contributed by atoms with Crippen LogP contribution in [0.4, 0.5) is 11.5 Å². The minimum absolute atomic E-state index is 0.0421. The number of ether oxygens (including phenoxy) is 1. The number of amides is 2. The largest absolute Gasteiger partial charge is 0.381 e. The van der Waals surface area contributed by atoms with Crippen LogP contribution in [-0.4, -0.2) is 48.1 Å². The molecular formula is C26H32N6O3. The Labute approximate surface area is 205 Å². The summed E-state index contributed by atoms with van der Waals surface area (Å²) in [5.41, 5.74) is 3.86. The molecule has 0 saturated carbocycles. The van der Waals surface area contributed by atoms with Crippen LogP contribution < -0.4 is 16.0 Å². The normalized spacial score (nSPS) is 17.2. The molecule has 0 unspecified atom stereocenters. The van der Waals surface area contributed by atoms with Gasteiger partial charge in [-0.3, -0.25) is 14.6 Å². The fourth-order valence-corrected chi connectivity index (χ4v) is 4.79. The van der Waals surface area contributed by atoms with Crippen LogP contribution in [-0.2, 0) is 15.1 Å². The lowest BCUT2D eigenvalue weighted by Gasteiger charge is -2.39. The summed E-state index contributed by atoms with van der Waals surface area (Å²) in [6, 6.07) is 6.21. The Balaban J connectivity index is 1.64. The molecule has 1 fully saturated rings. The summed E-state index contributed by atoms with van der Waals surface area (Å²) >= 11 is 0. The van der Waals surface area contributed by atoms with Gasteiger partial charge in [0.15, 0.2) is 0 Å². The third-order valence-electron chi connectivity index (χ3n) is 6.66. The monoisotopic (exact) mass is 476 g/mol. The van der Waals surface area contributed by atoms with Gasteiger partial charge in [-0.1, -0.05) is 18.7 Å². The molecule has 35 heavy (non-hydrogen) atoms. The number of anilines is 1. The molecule has 9 nitrogen and oxygen atoms in total. The van der Waals surface area contributed by atoms with E-state index in [9.17, 15) is 9.59 Å². The predicted molar refractivity (Wildman–Crippen MR) is 134 cm³/mol. The Kier molecular flexibility index (Phi) is 7.95. The van der Waals surface area contributed by atoms with Crippen LogP contribution in [0.15, 0.2) is 30.5 Å². The van der Waals surface area contributed by atoms with Crippen LogP contribution in [0.25, 0.3) is 10.4 Å². The highest BCUT2D eigenvalue weighted by molar-refractivity contribution is 6.03. The van der Waals surface area contributed by atoms with Crippen LogP contribution in [0, 0.1) is 6.57 Å². The number of aromatic nitrogens is 2. The molecule has 2 heterocycles. The summed E-state index contributed by atoms with van der Waals surface area (Å²) in [5.74, 6) is -0.0734. The Bertz CT molecular complexity index is 1140. The average molecular weight is 477 g/mol. The van der Waals surface area contributed by atoms with E-state index in [4.69, 9.17) is 11.3 Å². The van der Waals surface area contributed by atoms with E-state index < -0.39 is 0 Å². The molecule has 2 aliphatic rings. The van der Waals surface area contributed by atoms with Crippen molar-refractivity contribution in [2.45, 2.75) is 51.0 Å². The van der Waals surface area contributed by atoms with Gasteiger partial charge >= 0.3 is 5.91 Å². The van der Waals surface area contributed by atoms with Crippen LogP contribution in [0.5, 0.6) is 0 Å². The van der Waals surface area contributed by atoms with Crippen molar-refractivity contribution in [3.63, 3.8) is 0 Å². The summed E-state index contributed by atoms with van der Waals surface area (Å²) in [5, 5.41) is 9.54. The van der Waals surface area contributed by atoms with E-state index in [0.29, 0.717) is 26.3 Å². The summed E-state index contributed by atoms with van der Waals surface area (Å²) in [4.78, 5) is 34.2. The molecule has 184 valence electrons. The highest BCUT2D eigenvalue weighted by Crippen LogP contribution is 2.38. The lowest BCUT2D eigenvalue weighted by Crippen LogP contribution is -2.49. The van der Waals surface area contributed by atoms with Crippen LogP contribution in [0.1, 0.15) is 67.2 Å². The summed E-state index contributed by atoms with van der Waals surface area (Å²) in [6.07, 6.45) is 9.54. The maximum Gasteiger partial charge on any atom is 0.314 e. The number of carbonyl (C=O) groups excluding carboxylic acids is 2. The Morgan fingerprint density at radius 2 is 2.06 bits per heavy atom. The maximum absolute atomic E-state index is 12.9. The van der Waals surface area contributed by atoms with Crippen LogP contribution in [0.2, 0.25) is 0 Å². The number of nitrogens with one attached hydrogen (secondary N) is 4. The molecule has 1 aromatic carbocycles. The fraction of sp³-hybridized carbons (Fsp3) is 0.462. The highest BCUT2D eigenvalue weighted by Gasteiger charge is 2.34. The van der Waals surface area contributed by atoms with E-state index in [1.165, 1.54) is 25.1 Å². The van der Waals surface area contributed by atoms with Crippen molar-refractivity contribution >= 4 is 28.9 Å². The number of imidazole rings is 1. The van der Waals surface area contributed by atoms with E-state index in [2.05, 4.69) is 49.0 Å². The van der Waals surface area contributed by atoms with Gasteiger partial charge in [0.2, 0.25) is 11.7 Å². The third kappa shape index (κ3) is 5.96. The topological polar surface area (TPSA) is 112 Å². The first-order valence-electron chi connectivity index (χ1n) is 12.2. The van der Waals surface area contributed by atoms with Crippen LogP contribution in [0.3, 0.4) is 0 Å². The molecule has 1 aromatic heterocycles. The Morgan fingerprint density at radius 1 is 1.23 bits per heavy atom. The first-order valence-corrected chi connectivity index (χ1v) is 12.2. The van der Waals surface area contributed by atoms with Gasteiger partial charge in [0, 0.05) is 50.0 Å². The van der Waals surface area contributed by atoms with Crippen molar-refractivity contribution < 1.29 is 14.3 Å². The number of nitrogens with zero attached hydrogens (tertiary/aromatic N) is 2. The lowest BCUT2D eigenvalue weighted by atomic mass is 9.80. The standard InChI is InChI=1S/C26H32N6O3/c1-18(33)28-12-13-30-26(10-14-35-15-11-26)20-8-9-22(21(16-20)19-6-4-3-5-7-19)31-25(34)24-29-17-23(27-2)32-24/h6,8-9,16-17,30H,3-5,7,10-15H2,1H3,(H,28,33)(H,29,32)(H,31,34). The molecular weight excluding hydrogens is 444 g/mol. The van der Waals surface area contributed by atoms with Gasteiger partial charge in [0.25, 0.3) is 5.82 Å². The SMILES string of the molecule is [C-]#[N+]c1cnc(C(=O)Nc2ccc(C3(NCCNC(C)=O)CCOCC3)cc2C2=CCCCC2)[nH]1. The van der Waals surface area contributed by atoms with Gasteiger partial charge in [-0.15, -0.1) is 0 Å². The second-order valence-corrected chi connectivity index (χ2v) is 9.02. The van der Waals surface area contributed by atoms with E-state index in [0.717, 1.165) is 48.9 Å².